The third kappa shape index (κ3) is 1.27. The molecule has 0 saturated heterocycles. The zero-order valence-corrected chi connectivity index (χ0v) is 9.12. The lowest BCUT2D eigenvalue weighted by molar-refractivity contribution is 0.376. The Bertz CT molecular complexity index is 313. The molecule has 0 aliphatic carbocycles. The van der Waals surface area contributed by atoms with Gasteiger partial charge in [-0.3, -0.25) is 15.0 Å². The van der Waals surface area contributed by atoms with Gasteiger partial charge >= 0.3 is 0 Å². The minimum absolute atomic E-state index is 0.625. The summed E-state index contributed by atoms with van der Waals surface area (Å²) in [5, 5.41) is 7.71. The fourth-order valence-electron chi connectivity index (χ4n) is 1.85. The molecular formula is C8H14ClN5. The summed E-state index contributed by atoms with van der Waals surface area (Å²) in [5.74, 6) is 6.54. The second-order valence-corrected chi connectivity index (χ2v) is 4.35. The maximum atomic E-state index is 6.49. The normalized spacial score (nSPS) is 32.3. The van der Waals surface area contributed by atoms with Crippen LogP contribution in [0.25, 0.3) is 0 Å². The van der Waals surface area contributed by atoms with Crippen LogP contribution in [0.15, 0.2) is 10.1 Å². The van der Waals surface area contributed by atoms with Crippen molar-refractivity contribution in [1.82, 2.24) is 10.0 Å². The Kier molecular flexibility index (Phi) is 2.16. The summed E-state index contributed by atoms with van der Waals surface area (Å²) in [6.07, 6.45) is 0. The van der Waals surface area contributed by atoms with E-state index in [1.165, 1.54) is 0 Å². The molecule has 5 nitrogen and oxygen atoms in total. The molecule has 0 spiro atoms. The first-order valence-corrected chi connectivity index (χ1v) is 4.95. The average molecular weight is 216 g/mol. The molecule has 0 bridgehead atoms. The first kappa shape index (κ1) is 9.73. The van der Waals surface area contributed by atoms with Crippen molar-refractivity contribution in [3.8, 4) is 0 Å². The number of alkyl halides is 1. The van der Waals surface area contributed by atoms with Crippen LogP contribution >= 0.6 is 11.6 Å². The first-order valence-electron chi connectivity index (χ1n) is 4.57. The van der Waals surface area contributed by atoms with Crippen LogP contribution in [0.3, 0.4) is 0 Å². The zero-order chi connectivity index (χ0) is 10.3. The SMILES string of the molecule is CC1=NN(C)CC1(Cl)C1=NCCN1N. The Morgan fingerprint density at radius 2 is 2.29 bits per heavy atom. The Balaban J connectivity index is 2.30. The molecular weight excluding hydrogens is 202 g/mol. The standard InChI is InChI=1S/C8H14ClN5/c1-6-8(9,5-13(2)12-6)7-11-3-4-14(7)10/h3-5,10H2,1-2H3. The van der Waals surface area contributed by atoms with Gasteiger partial charge in [0.05, 0.1) is 25.3 Å². The predicted molar refractivity (Wildman–Crippen MR) is 57.5 cm³/mol. The molecule has 0 aromatic rings. The van der Waals surface area contributed by atoms with Gasteiger partial charge in [-0.05, 0) is 6.92 Å². The van der Waals surface area contributed by atoms with Crippen LogP contribution in [0.2, 0.25) is 0 Å². The monoisotopic (exact) mass is 215 g/mol. The summed E-state index contributed by atoms with van der Waals surface area (Å²) in [7, 11) is 1.89. The van der Waals surface area contributed by atoms with Crippen molar-refractivity contribution in [2.75, 3.05) is 26.7 Å². The molecule has 0 aromatic heterocycles. The fraction of sp³-hybridized carbons (Fsp3) is 0.750. The summed E-state index contributed by atoms with van der Waals surface area (Å²) < 4.78 is 0. The molecule has 2 aliphatic heterocycles. The Hall–Kier alpha value is -0.810. The van der Waals surface area contributed by atoms with Crippen LogP contribution in [0.4, 0.5) is 0 Å². The van der Waals surface area contributed by atoms with Gasteiger partial charge in [0, 0.05) is 7.05 Å². The van der Waals surface area contributed by atoms with E-state index in [-0.39, 0.29) is 0 Å². The first-order chi connectivity index (χ1) is 6.54. The van der Waals surface area contributed by atoms with E-state index >= 15 is 0 Å². The second kappa shape index (κ2) is 3.10. The van der Waals surface area contributed by atoms with Gasteiger partial charge in [0.15, 0.2) is 4.87 Å². The lowest BCUT2D eigenvalue weighted by Crippen LogP contribution is -2.51. The molecule has 2 aliphatic rings. The third-order valence-corrected chi connectivity index (χ3v) is 3.13. The van der Waals surface area contributed by atoms with E-state index in [2.05, 4.69) is 10.1 Å². The molecule has 2 rings (SSSR count). The highest BCUT2D eigenvalue weighted by molar-refractivity contribution is 6.48. The van der Waals surface area contributed by atoms with Crippen molar-refractivity contribution in [1.29, 1.82) is 0 Å². The van der Waals surface area contributed by atoms with Crippen molar-refractivity contribution in [3.05, 3.63) is 0 Å². The maximum Gasteiger partial charge on any atom is 0.161 e. The van der Waals surface area contributed by atoms with Crippen LogP contribution in [-0.2, 0) is 0 Å². The molecule has 14 heavy (non-hydrogen) atoms. The zero-order valence-electron chi connectivity index (χ0n) is 8.37. The fourth-order valence-corrected chi connectivity index (χ4v) is 2.23. The Morgan fingerprint density at radius 1 is 1.57 bits per heavy atom. The minimum atomic E-state index is -0.625. The highest BCUT2D eigenvalue weighted by Crippen LogP contribution is 2.28. The number of halogens is 1. The number of hydrogen-bond donors (Lipinski definition) is 1. The van der Waals surface area contributed by atoms with E-state index < -0.39 is 4.87 Å². The highest BCUT2D eigenvalue weighted by Gasteiger charge is 2.45. The van der Waals surface area contributed by atoms with E-state index in [4.69, 9.17) is 17.4 Å². The molecule has 2 N–H and O–H groups in total. The van der Waals surface area contributed by atoms with Crippen molar-refractivity contribution in [2.24, 2.45) is 15.9 Å². The summed E-state index contributed by atoms with van der Waals surface area (Å²) >= 11 is 6.49. The summed E-state index contributed by atoms with van der Waals surface area (Å²) in [6, 6.07) is 0. The molecule has 0 amide bonds. The molecule has 0 saturated carbocycles. The molecule has 6 heteroatoms. The molecule has 0 fully saturated rings. The molecule has 2 heterocycles. The van der Waals surface area contributed by atoms with Crippen LogP contribution < -0.4 is 5.84 Å². The number of aliphatic imine (C=N–C) groups is 1. The molecule has 0 aromatic carbocycles. The van der Waals surface area contributed by atoms with Crippen LogP contribution in [0.1, 0.15) is 6.92 Å². The van der Waals surface area contributed by atoms with Gasteiger partial charge < -0.3 is 0 Å². The average Bonchev–Trinajstić information content (AvgIpc) is 2.59. The number of nitrogens with zero attached hydrogens (tertiary/aromatic N) is 4. The molecule has 1 atom stereocenters. The van der Waals surface area contributed by atoms with E-state index in [0.29, 0.717) is 6.54 Å². The lowest BCUT2D eigenvalue weighted by Gasteiger charge is -2.26. The number of hydrazone groups is 1. The topological polar surface area (TPSA) is 57.2 Å². The van der Waals surface area contributed by atoms with E-state index in [0.717, 1.165) is 24.6 Å². The van der Waals surface area contributed by atoms with Crippen molar-refractivity contribution in [3.63, 3.8) is 0 Å². The van der Waals surface area contributed by atoms with Crippen LogP contribution in [-0.4, -0.2) is 53.1 Å². The lowest BCUT2D eigenvalue weighted by atomic mass is 10.0. The molecule has 78 valence electrons. The van der Waals surface area contributed by atoms with Gasteiger partial charge in [-0.1, -0.05) is 0 Å². The van der Waals surface area contributed by atoms with Crippen LogP contribution in [0.5, 0.6) is 0 Å². The Labute approximate surface area is 88.2 Å². The third-order valence-electron chi connectivity index (χ3n) is 2.57. The van der Waals surface area contributed by atoms with E-state index in [1.807, 2.05) is 19.0 Å². The second-order valence-electron chi connectivity index (χ2n) is 3.70. The number of amidine groups is 1. The largest absolute Gasteiger partial charge is 0.297 e. The molecule has 1 unspecified atom stereocenters. The van der Waals surface area contributed by atoms with Crippen molar-refractivity contribution < 1.29 is 0 Å². The van der Waals surface area contributed by atoms with E-state index in [9.17, 15) is 0 Å². The highest BCUT2D eigenvalue weighted by atomic mass is 35.5. The van der Waals surface area contributed by atoms with Gasteiger partial charge in [0.1, 0.15) is 5.84 Å². The summed E-state index contributed by atoms with van der Waals surface area (Å²) in [5.41, 5.74) is 0.859. The van der Waals surface area contributed by atoms with Gasteiger partial charge in [-0.15, -0.1) is 11.6 Å². The maximum absolute atomic E-state index is 6.49. The number of nitrogens with two attached hydrogens (primary N) is 1. The van der Waals surface area contributed by atoms with E-state index in [1.54, 1.807) is 5.01 Å². The smallest absolute Gasteiger partial charge is 0.161 e. The van der Waals surface area contributed by atoms with Gasteiger partial charge in [0.2, 0.25) is 0 Å². The van der Waals surface area contributed by atoms with Crippen molar-refractivity contribution in [2.45, 2.75) is 11.8 Å². The van der Waals surface area contributed by atoms with Gasteiger partial charge in [-0.25, -0.2) is 5.84 Å². The van der Waals surface area contributed by atoms with Gasteiger partial charge in [-0.2, -0.15) is 5.10 Å². The minimum Gasteiger partial charge on any atom is -0.297 e. The summed E-state index contributed by atoms with van der Waals surface area (Å²) in [6.45, 7) is 4.00. The Morgan fingerprint density at radius 3 is 2.71 bits per heavy atom. The number of hydrazine groups is 1. The molecule has 0 radical (unpaired) electrons. The number of rotatable bonds is 1. The quantitative estimate of drug-likeness (QED) is 0.490. The summed E-state index contributed by atoms with van der Waals surface area (Å²) in [4.78, 5) is 3.71. The predicted octanol–water partition coefficient (Wildman–Crippen LogP) is -0.127. The van der Waals surface area contributed by atoms with Crippen molar-refractivity contribution >= 4 is 23.1 Å². The van der Waals surface area contributed by atoms with Crippen LogP contribution in [0, 0.1) is 0 Å². The van der Waals surface area contributed by atoms with Gasteiger partial charge in [0.25, 0.3) is 0 Å². The number of hydrogen-bond acceptors (Lipinski definition) is 5.